The molecule has 1 aromatic carbocycles. The number of non-ortho nitro benzene ring substituents is 1. The number of hydrogen-bond donors (Lipinski definition) is 4. The third-order valence-corrected chi connectivity index (χ3v) is 4.54. The Kier molecular flexibility index (Phi) is 8.42. The molecule has 0 aliphatic carbocycles. The fourth-order valence-corrected chi connectivity index (χ4v) is 2.81. The van der Waals surface area contributed by atoms with Gasteiger partial charge in [-0.15, -0.1) is 0 Å². The monoisotopic (exact) mass is 498 g/mol. The number of carboxylic acid groups (broad SMARTS) is 2. The lowest BCUT2D eigenvalue weighted by molar-refractivity contribution is -0.384. The van der Waals surface area contributed by atoms with E-state index in [9.17, 15) is 42.8 Å². The van der Waals surface area contributed by atoms with Crippen molar-refractivity contribution in [3.05, 3.63) is 63.3 Å². The molecule has 0 fully saturated rings. The first-order chi connectivity index (χ1) is 16.3. The highest BCUT2D eigenvalue weighted by Crippen LogP contribution is 2.21. The first-order valence-corrected chi connectivity index (χ1v) is 9.63. The van der Waals surface area contributed by atoms with Crippen LogP contribution >= 0.6 is 0 Å². The second-order valence-electron chi connectivity index (χ2n) is 7.07. The number of nitro benzene ring substituents is 1. The minimum Gasteiger partial charge on any atom is -0.480 e. The maximum Gasteiger partial charge on any atom is 0.490 e. The highest BCUT2D eigenvalue weighted by atomic mass is 19.4. The summed E-state index contributed by atoms with van der Waals surface area (Å²) in [6.07, 6.45) is -3.11. The van der Waals surface area contributed by atoms with Crippen molar-refractivity contribution in [2.75, 3.05) is 5.32 Å². The number of halogens is 3. The molecule has 0 bridgehead atoms. The smallest absolute Gasteiger partial charge is 0.480 e. The molecular formula is C20H17F3N4O8. The van der Waals surface area contributed by atoms with Crippen molar-refractivity contribution in [1.29, 1.82) is 0 Å². The summed E-state index contributed by atoms with van der Waals surface area (Å²) in [6, 6.07) is 5.80. The van der Waals surface area contributed by atoms with E-state index in [1.54, 1.807) is 6.07 Å². The van der Waals surface area contributed by atoms with Gasteiger partial charge in [0.05, 0.1) is 10.5 Å². The van der Waals surface area contributed by atoms with Crippen molar-refractivity contribution >= 4 is 35.3 Å². The van der Waals surface area contributed by atoms with E-state index in [1.807, 2.05) is 0 Å². The van der Waals surface area contributed by atoms with Crippen LogP contribution in [0.3, 0.4) is 0 Å². The lowest BCUT2D eigenvalue weighted by Crippen LogP contribution is -2.42. The van der Waals surface area contributed by atoms with Gasteiger partial charge in [-0.25, -0.2) is 14.6 Å². The number of fused-ring (bicyclic) bond motifs is 1. The Morgan fingerprint density at radius 1 is 1.17 bits per heavy atom. The zero-order chi connectivity index (χ0) is 26.3. The fraction of sp³-hybridized carbons (Fsp3) is 0.250. The summed E-state index contributed by atoms with van der Waals surface area (Å²) in [6.45, 7) is 0. The summed E-state index contributed by atoms with van der Waals surface area (Å²) in [4.78, 5) is 58.4. The van der Waals surface area contributed by atoms with Gasteiger partial charge in [-0.05, 0) is 23.6 Å². The number of carbonyl (C=O) groups excluding carboxylic acids is 2. The standard InChI is InChI=1S/C18H16N4O6.C2HF3O2/c23-15-6-3-11-8-12(9-19-16(11)21-15)17(24)20-14(18(25)26)7-10-1-4-13(5-2-10)22(27)28;3-2(4,5)1(6)7/h1-2,4-5,8-9,14H,3,6-7H2,(H,20,24)(H,25,26)(H,19,21,23);(H,6,7). The number of benzene rings is 1. The summed E-state index contributed by atoms with van der Waals surface area (Å²) in [5.41, 5.74) is 1.32. The van der Waals surface area contributed by atoms with Crippen molar-refractivity contribution in [2.24, 2.45) is 0 Å². The number of nitro groups is 1. The molecule has 1 aliphatic heterocycles. The van der Waals surface area contributed by atoms with Gasteiger partial charge in [-0.3, -0.25) is 19.7 Å². The molecule has 1 aromatic heterocycles. The molecule has 2 aromatic rings. The highest BCUT2D eigenvalue weighted by molar-refractivity contribution is 5.98. The van der Waals surface area contributed by atoms with Gasteiger partial charge in [-0.2, -0.15) is 13.2 Å². The van der Waals surface area contributed by atoms with Gasteiger partial charge in [0.2, 0.25) is 5.91 Å². The normalized spacial score (nSPS) is 13.3. The number of carbonyl (C=O) groups is 4. The Bertz CT molecular complexity index is 1150. The Morgan fingerprint density at radius 2 is 1.77 bits per heavy atom. The van der Waals surface area contributed by atoms with E-state index in [4.69, 9.17) is 9.90 Å². The van der Waals surface area contributed by atoms with Crippen LogP contribution in [0.4, 0.5) is 24.7 Å². The summed E-state index contributed by atoms with van der Waals surface area (Å²) >= 11 is 0. The fourth-order valence-electron chi connectivity index (χ4n) is 2.81. The van der Waals surface area contributed by atoms with Gasteiger partial charge in [-0.1, -0.05) is 12.1 Å². The van der Waals surface area contributed by atoms with Crippen LogP contribution in [0.15, 0.2) is 36.5 Å². The molecule has 15 heteroatoms. The molecule has 1 atom stereocenters. The van der Waals surface area contributed by atoms with Gasteiger partial charge in [0.15, 0.2) is 0 Å². The molecule has 0 saturated heterocycles. The second-order valence-corrected chi connectivity index (χ2v) is 7.07. The molecule has 12 nitrogen and oxygen atoms in total. The molecule has 1 unspecified atom stereocenters. The van der Waals surface area contributed by atoms with Crippen LogP contribution in [0.25, 0.3) is 0 Å². The number of hydrogen-bond acceptors (Lipinski definition) is 7. The van der Waals surface area contributed by atoms with E-state index >= 15 is 0 Å². The SMILES string of the molecule is O=C(O)C(F)(F)F.O=C1CCc2cc(C(=O)NC(Cc3ccc([N+](=O)[O-])cc3)C(=O)O)cnc2N1. The third kappa shape index (κ3) is 7.76. The van der Waals surface area contributed by atoms with E-state index in [0.29, 0.717) is 23.4 Å². The van der Waals surface area contributed by atoms with E-state index < -0.39 is 35.0 Å². The number of nitrogens with one attached hydrogen (secondary N) is 2. The molecule has 1 aliphatic rings. The zero-order valence-electron chi connectivity index (χ0n) is 17.5. The van der Waals surface area contributed by atoms with Crippen molar-refractivity contribution in [3.8, 4) is 0 Å². The second kappa shape index (κ2) is 11.0. The molecule has 0 saturated carbocycles. The summed E-state index contributed by atoms with van der Waals surface area (Å²) in [7, 11) is 0. The van der Waals surface area contributed by atoms with Crippen LogP contribution in [-0.4, -0.2) is 56.1 Å². The Hall–Kier alpha value is -4.56. The molecular weight excluding hydrogens is 481 g/mol. The van der Waals surface area contributed by atoms with Crippen molar-refractivity contribution in [3.63, 3.8) is 0 Å². The number of aliphatic carboxylic acids is 2. The molecule has 0 radical (unpaired) electrons. The number of alkyl halides is 3. The number of amides is 2. The predicted molar refractivity (Wildman–Crippen MR) is 111 cm³/mol. The van der Waals surface area contributed by atoms with Crippen molar-refractivity contribution < 1.29 is 47.5 Å². The topological polar surface area (TPSA) is 189 Å². The Morgan fingerprint density at radius 3 is 2.29 bits per heavy atom. The number of carboxylic acids is 2. The van der Waals surface area contributed by atoms with E-state index in [-0.39, 0.29) is 30.0 Å². The lowest BCUT2D eigenvalue weighted by atomic mass is 10.0. The highest BCUT2D eigenvalue weighted by Gasteiger charge is 2.38. The van der Waals surface area contributed by atoms with Crippen molar-refractivity contribution in [2.45, 2.75) is 31.5 Å². The molecule has 2 amide bonds. The van der Waals surface area contributed by atoms with Crippen LogP contribution < -0.4 is 10.6 Å². The summed E-state index contributed by atoms with van der Waals surface area (Å²) in [5, 5.41) is 32.3. The lowest BCUT2D eigenvalue weighted by Gasteiger charge is -2.18. The first kappa shape index (κ1) is 26.7. The summed E-state index contributed by atoms with van der Waals surface area (Å²) in [5.74, 6) is -4.35. The van der Waals surface area contributed by atoms with E-state index in [1.165, 1.54) is 30.5 Å². The van der Waals surface area contributed by atoms with Gasteiger partial charge in [0.25, 0.3) is 11.6 Å². The average Bonchev–Trinajstić information content (AvgIpc) is 2.78. The van der Waals surface area contributed by atoms with E-state index in [2.05, 4.69) is 15.6 Å². The molecule has 2 heterocycles. The Labute approximate surface area is 193 Å². The van der Waals surface area contributed by atoms with Gasteiger partial charge >= 0.3 is 18.1 Å². The zero-order valence-corrected chi connectivity index (χ0v) is 17.5. The minimum atomic E-state index is -5.08. The van der Waals surface area contributed by atoms with E-state index in [0.717, 1.165) is 0 Å². The Balaban J connectivity index is 0.000000540. The predicted octanol–water partition coefficient (Wildman–Crippen LogP) is 1.93. The quantitative estimate of drug-likeness (QED) is 0.341. The number of nitrogens with zero attached hydrogens (tertiary/aromatic N) is 2. The minimum absolute atomic E-state index is 0.0342. The van der Waals surface area contributed by atoms with Crippen molar-refractivity contribution in [1.82, 2.24) is 10.3 Å². The maximum atomic E-state index is 12.5. The summed E-state index contributed by atoms with van der Waals surface area (Å²) < 4.78 is 31.7. The van der Waals surface area contributed by atoms with Gasteiger partial charge in [0.1, 0.15) is 11.9 Å². The maximum absolute atomic E-state index is 12.5. The average molecular weight is 498 g/mol. The van der Waals surface area contributed by atoms with Crippen LogP contribution in [0, 0.1) is 10.1 Å². The van der Waals surface area contributed by atoms with Crippen LogP contribution in [-0.2, 0) is 27.2 Å². The molecule has 35 heavy (non-hydrogen) atoms. The van der Waals surface area contributed by atoms with Gasteiger partial charge in [0, 0.05) is 31.2 Å². The van der Waals surface area contributed by atoms with Crippen LogP contribution in [0.5, 0.6) is 0 Å². The first-order valence-electron chi connectivity index (χ1n) is 9.63. The number of aromatic nitrogens is 1. The van der Waals surface area contributed by atoms with Crippen LogP contribution in [0.2, 0.25) is 0 Å². The largest absolute Gasteiger partial charge is 0.490 e. The molecule has 0 spiro atoms. The number of anilines is 1. The number of aryl methyl sites for hydroxylation is 1. The number of pyridine rings is 1. The molecule has 4 N–H and O–H groups in total. The number of rotatable bonds is 6. The molecule has 186 valence electrons. The van der Waals surface area contributed by atoms with Crippen LogP contribution in [0.1, 0.15) is 27.9 Å². The van der Waals surface area contributed by atoms with Gasteiger partial charge < -0.3 is 20.8 Å². The molecule has 3 rings (SSSR count). The third-order valence-electron chi connectivity index (χ3n) is 4.54.